The number of nitrogens with one attached hydrogen (secondary N) is 1. The number of aryl methyl sites for hydroxylation is 1. The number of amides is 1. The first-order valence-corrected chi connectivity index (χ1v) is 5.23. The van der Waals surface area contributed by atoms with Crippen molar-refractivity contribution < 1.29 is 9.72 Å². The topological polar surface area (TPSA) is 102 Å². The number of nitro benzene ring substituents is 1. The van der Waals surface area contributed by atoms with E-state index < -0.39 is 10.8 Å². The molecule has 0 saturated carbocycles. The molecule has 92 valence electrons. The number of H-pyrrole nitrogens is 1. The van der Waals surface area contributed by atoms with E-state index in [1.165, 1.54) is 12.1 Å². The zero-order valence-electron chi connectivity index (χ0n) is 9.64. The Morgan fingerprint density at radius 1 is 1.33 bits per heavy atom. The van der Waals surface area contributed by atoms with E-state index in [0.717, 1.165) is 5.56 Å². The normalized spacial score (nSPS) is 10.3. The first-order valence-electron chi connectivity index (χ1n) is 5.23. The molecular formula is C12H11N3O3. The summed E-state index contributed by atoms with van der Waals surface area (Å²) in [6.07, 6.45) is 1.68. The quantitative estimate of drug-likeness (QED) is 0.638. The van der Waals surface area contributed by atoms with Gasteiger partial charge in [0.15, 0.2) is 0 Å². The van der Waals surface area contributed by atoms with Gasteiger partial charge in [0.2, 0.25) is 0 Å². The molecule has 1 aromatic heterocycles. The van der Waals surface area contributed by atoms with Gasteiger partial charge in [0.25, 0.3) is 11.6 Å². The highest BCUT2D eigenvalue weighted by Gasteiger charge is 2.15. The Morgan fingerprint density at radius 2 is 1.94 bits per heavy atom. The molecule has 18 heavy (non-hydrogen) atoms. The van der Waals surface area contributed by atoms with Crippen molar-refractivity contribution in [3.8, 4) is 11.1 Å². The predicted octanol–water partition coefficient (Wildman–Crippen LogP) is 2.00. The molecule has 1 aromatic carbocycles. The number of carbonyl (C=O) groups excluding carboxylic acids is 1. The van der Waals surface area contributed by atoms with E-state index in [0.29, 0.717) is 16.8 Å². The van der Waals surface area contributed by atoms with Gasteiger partial charge < -0.3 is 10.7 Å². The number of nitrogens with two attached hydrogens (primary N) is 1. The van der Waals surface area contributed by atoms with Crippen molar-refractivity contribution in [1.29, 1.82) is 0 Å². The highest BCUT2D eigenvalue weighted by Crippen LogP contribution is 2.28. The Labute approximate surface area is 103 Å². The fourth-order valence-corrected chi connectivity index (χ4v) is 1.84. The molecule has 0 atom stereocenters. The van der Waals surface area contributed by atoms with Crippen molar-refractivity contribution in [2.75, 3.05) is 0 Å². The molecule has 0 aliphatic carbocycles. The number of hydrogen-bond donors (Lipinski definition) is 2. The third kappa shape index (κ3) is 1.95. The summed E-state index contributed by atoms with van der Waals surface area (Å²) >= 11 is 0. The number of non-ortho nitro benzene ring substituents is 1. The number of carbonyl (C=O) groups is 1. The van der Waals surface area contributed by atoms with Crippen molar-refractivity contribution >= 4 is 11.6 Å². The van der Waals surface area contributed by atoms with E-state index in [2.05, 4.69) is 4.98 Å². The third-order valence-corrected chi connectivity index (χ3v) is 2.69. The molecule has 3 N–H and O–H groups in total. The lowest BCUT2D eigenvalue weighted by Crippen LogP contribution is -2.12. The van der Waals surface area contributed by atoms with E-state index in [1.807, 2.05) is 6.92 Å². The van der Waals surface area contributed by atoms with Gasteiger partial charge in [-0.15, -0.1) is 0 Å². The summed E-state index contributed by atoms with van der Waals surface area (Å²) in [6, 6.07) is 5.99. The summed E-state index contributed by atoms with van der Waals surface area (Å²) in [5, 5.41) is 10.6. The van der Waals surface area contributed by atoms with Crippen LogP contribution in [0, 0.1) is 17.0 Å². The summed E-state index contributed by atoms with van der Waals surface area (Å²) in [4.78, 5) is 24.2. The van der Waals surface area contributed by atoms with Crippen LogP contribution in [-0.2, 0) is 0 Å². The van der Waals surface area contributed by atoms with Gasteiger partial charge in [-0.3, -0.25) is 14.9 Å². The number of aromatic nitrogens is 1. The van der Waals surface area contributed by atoms with Crippen molar-refractivity contribution in [1.82, 2.24) is 4.98 Å². The second kappa shape index (κ2) is 4.33. The second-order valence-electron chi connectivity index (χ2n) is 3.89. The Bertz CT molecular complexity index is 614. The van der Waals surface area contributed by atoms with Crippen LogP contribution in [0.3, 0.4) is 0 Å². The van der Waals surface area contributed by atoms with Crippen molar-refractivity contribution in [3.63, 3.8) is 0 Å². The maximum Gasteiger partial charge on any atom is 0.269 e. The highest BCUT2D eigenvalue weighted by atomic mass is 16.6. The smallest absolute Gasteiger partial charge is 0.269 e. The number of rotatable bonds is 3. The van der Waals surface area contributed by atoms with Crippen LogP contribution in [0.2, 0.25) is 0 Å². The monoisotopic (exact) mass is 245 g/mol. The lowest BCUT2D eigenvalue weighted by Gasteiger charge is -2.03. The van der Waals surface area contributed by atoms with Gasteiger partial charge in [-0.05, 0) is 30.2 Å². The number of nitrogens with zero attached hydrogens (tertiary/aromatic N) is 1. The van der Waals surface area contributed by atoms with Gasteiger partial charge in [-0.1, -0.05) is 0 Å². The number of primary amides is 1. The van der Waals surface area contributed by atoms with Crippen molar-refractivity contribution in [3.05, 3.63) is 51.8 Å². The third-order valence-electron chi connectivity index (χ3n) is 2.69. The molecule has 6 nitrogen and oxygen atoms in total. The van der Waals surface area contributed by atoms with E-state index in [4.69, 9.17) is 5.73 Å². The van der Waals surface area contributed by atoms with Crippen molar-refractivity contribution in [2.24, 2.45) is 5.73 Å². The Balaban J connectivity index is 2.52. The van der Waals surface area contributed by atoms with Crippen LogP contribution in [0.1, 0.15) is 16.1 Å². The van der Waals surface area contributed by atoms with Crippen LogP contribution in [0.15, 0.2) is 30.5 Å². The Kier molecular flexibility index (Phi) is 2.85. The number of benzene rings is 1. The molecule has 0 bridgehead atoms. The van der Waals surface area contributed by atoms with Crippen LogP contribution >= 0.6 is 0 Å². The minimum Gasteiger partial charge on any atom is -0.364 e. The molecule has 0 aliphatic heterocycles. The van der Waals surface area contributed by atoms with E-state index >= 15 is 0 Å². The molecule has 0 saturated heterocycles. The molecule has 1 heterocycles. The highest BCUT2D eigenvalue weighted by molar-refractivity contribution is 5.99. The molecular weight excluding hydrogens is 234 g/mol. The molecule has 2 aromatic rings. The molecule has 2 rings (SSSR count). The molecule has 0 aliphatic rings. The lowest BCUT2D eigenvalue weighted by atomic mass is 10.0. The van der Waals surface area contributed by atoms with Gasteiger partial charge >= 0.3 is 0 Å². The standard InChI is InChI=1S/C12H11N3O3/c1-7-6-14-11(12(13)16)10(7)8-2-4-9(5-3-8)15(17)18/h2-6,14H,1H3,(H2,13,16). The molecule has 0 radical (unpaired) electrons. The fourth-order valence-electron chi connectivity index (χ4n) is 1.84. The maximum atomic E-state index is 11.3. The SMILES string of the molecule is Cc1c[nH]c(C(N)=O)c1-c1ccc([N+](=O)[O-])cc1. The summed E-state index contributed by atoms with van der Waals surface area (Å²) in [5.41, 5.74) is 7.83. The van der Waals surface area contributed by atoms with Crippen molar-refractivity contribution in [2.45, 2.75) is 6.92 Å². The molecule has 0 unspecified atom stereocenters. The molecule has 0 fully saturated rings. The zero-order valence-corrected chi connectivity index (χ0v) is 9.64. The van der Waals surface area contributed by atoms with Crippen LogP contribution < -0.4 is 5.73 Å². The minimum absolute atomic E-state index is 0.00700. The van der Waals surface area contributed by atoms with E-state index in [-0.39, 0.29) is 5.69 Å². The largest absolute Gasteiger partial charge is 0.364 e. The number of nitro groups is 1. The van der Waals surface area contributed by atoms with E-state index in [1.54, 1.807) is 18.3 Å². The summed E-state index contributed by atoms with van der Waals surface area (Å²) in [6.45, 7) is 1.83. The van der Waals surface area contributed by atoms with Gasteiger partial charge in [-0.2, -0.15) is 0 Å². The Morgan fingerprint density at radius 3 is 2.44 bits per heavy atom. The van der Waals surface area contributed by atoms with Crippen LogP contribution in [0.5, 0.6) is 0 Å². The number of hydrogen-bond acceptors (Lipinski definition) is 3. The average Bonchev–Trinajstić information content (AvgIpc) is 2.71. The zero-order chi connectivity index (χ0) is 13.3. The molecule has 6 heteroatoms. The minimum atomic E-state index is -0.559. The van der Waals surface area contributed by atoms with Crippen LogP contribution in [-0.4, -0.2) is 15.8 Å². The first kappa shape index (κ1) is 11.8. The summed E-state index contributed by atoms with van der Waals surface area (Å²) in [5.74, 6) is -0.559. The van der Waals surface area contributed by atoms with Gasteiger partial charge in [0, 0.05) is 23.9 Å². The predicted molar refractivity (Wildman–Crippen MR) is 66.1 cm³/mol. The Hall–Kier alpha value is -2.63. The van der Waals surface area contributed by atoms with Crippen LogP contribution in [0.25, 0.3) is 11.1 Å². The number of aromatic amines is 1. The van der Waals surface area contributed by atoms with Gasteiger partial charge in [0.05, 0.1) is 4.92 Å². The lowest BCUT2D eigenvalue weighted by molar-refractivity contribution is -0.384. The van der Waals surface area contributed by atoms with Gasteiger partial charge in [-0.25, -0.2) is 0 Å². The molecule has 1 amide bonds. The van der Waals surface area contributed by atoms with E-state index in [9.17, 15) is 14.9 Å². The van der Waals surface area contributed by atoms with Crippen LogP contribution in [0.4, 0.5) is 5.69 Å². The second-order valence-corrected chi connectivity index (χ2v) is 3.89. The molecule has 0 spiro atoms. The van der Waals surface area contributed by atoms with Gasteiger partial charge in [0.1, 0.15) is 5.69 Å². The maximum absolute atomic E-state index is 11.3. The average molecular weight is 245 g/mol. The fraction of sp³-hybridized carbons (Fsp3) is 0.0833. The summed E-state index contributed by atoms with van der Waals surface area (Å²) < 4.78 is 0. The summed E-state index contributed by atoms with van der Waals surface area (Å²) in [7, 11) is 0. The first-order chi connectivity index (χ1) is 8.50.